The van der Waals surface area contributed by atoms with Gasteiger partial charge in [-0.15, -0.1) is 0 Å². The van der Waals surface area contributed by atoms with Gasteiger partial charge in [-0.3, -0.25) is 0 Å². The van der Waals surface area contributed by atoms with Crippen molar-refractivity contribution in [3.63, 3.8) is 0 Å². The van der Waals surface area contributed by atoms with Crippen LogP contribution in [0.2, 0.25) is 0 Å². The number of hydrogen-bond acceptors (Lipinski definition) is 20. The van der Waals surface area contributed by atoms with Gasteiger partial charge in [0.1, 0.15) is 0 Å². The average Bonchev–Trinajstić information content (AvgIpc) is 1.79. The maximum absolute atomic E-state index is 9.29. The van der Waals surface area contributed by atoms with Crippen LogP contribution in [-0.4, -0.2) is 0 Å². The van der Waals surface area contributed by atoms with E-state index < -0.39 is 28.5 Å². The van der Waals surface area contributed by atoms with Gasteiger partial charge in [0.25, 0.3) is 0 Å². The van der Waals surface area contributed by atoms with Crippen molar-refractivity contribution in [2.45, 2.75) is 0 Å². The molecule has 0 aromatic heterocycles. The predicted molar refractivity (Wildman–Crippen MR) is 108 cm³/mol. The third-order valence-electron chi connectivity index (χ3n) is 0. The van der Waals surface area contributed by atoms with Crippen LogP contribution in [0.3, 0.4) is 0 Å². The molecule has 0 fully saturated rings. The Balaban J connectivity index is -0.0000000290. The van der Waals surface area contributed by atoms with Crippen molar-refractivity contribution in [2.24, 2.45) is 0 Å². The SMILES string of the molecule is [Mo+5].[Mo+5].[Mo+5].[O-]P([O-])(=S)[S-].[O-]P([O-])(=S)[S-].[O-]P([O-])(=S)[S-].[O-]P([O-])(=S)[S-].[O-]P([O-])(=S)[S-]. The Kier molecular flexibility index (Phi) is 52.7. The zero-order valence-electron chi connectivity index (χ0n) is 11.6. The third kappa shape index (κ3) is 737. The summed E-state index contributed by atoms with van der Waals surface area (Å²) < 4.78 is 0. The van der Waals surface area contributed by atoms with Crippen molar-refractivity contribution < 1.29 is 112 Å². The summed E-state index contributed by atoms with van der Waals surface area (Å²) in [6.45, 7) is 0. The Morgan fingerprint density at radius 2 is 0.321 bits per heavy atom. The fraction of sp³-hybridized carbons (Fsp3) is 0. The van der Waals surface area contributed by atoms with Gasteiger partial charge in [-0.1, -0.05) is 0 Å². The van der Waals surface area contributed by atoms with E-state index in [-0.39, 0.29) is 63.2 Å². The van der Waals surface area contributed by atoms with Crippen molar-refractivity contribution in [2.75, 3.05) is 0 Å². The third-order valence-corrected chi connectivity index (χ3v) is 0. The first kappa shape index (κ1) is 55.3. The quantitative estimate of drug-likeness (QED) is 0.125. The molecular weight excluding hydrogens is 923 g/mol. The van der Waals surface area contributed by atoms with Crippen LogP contribution in [0, 0.1) is 0 Å². The summed E-state index contributed by atoms with van der Waals surface area (Å²) in [4.78, 5) is 92.9. The average molecular weight is 923 g/mol. The summed E-state index contributed by atoms with van der Waals surface area (Å²) in [6.07, 6.45) is 0. The van der Waals surface area contributed by atoms with Crippen molar-refractivity contribution >= 4 is 149 Å². The molecule has 3 radical (unpaired) electrons. The monoisotopic (exact) mass is 928 g/mol. The molecule has 0 aliphatic carbocycles. The molecular formula is Mo3O10P5S10. The van der Waals surface area contributed by atoms with E-state index in [1.807, 2.05) is 0 Å². The molecule has 0 N–H and O–H groups in total. The summed E-state index contributed by atoms with van der Waals surface area (Å²) >= 11 is 36.4. The number of rotatable bonds is 0. The summed E-state index contributed by atoms with van der Waals surface area (Å²) in [5.74, 6) is 0. The first-order valence-electron chi connectivity index (χ1n) is 3.65. The second-order valence-electron chi connectivity index (χ2n) is 2.24. The number of hydrogen-bond donors (Lipinski definition) is 0. The maximum Gasteiger partial charge on any atom is 5.00 e. The van der Waals surface area contributed by atoms with Crippen LogP contribution in [0.4, 0.5) is 0 Å². The Bertz CT molecular complexity index is 399. The normalized spacial score (nSPS) is 10.5. The fourth-order valence-corrected chi connectivity index (χ4v) is 0. The molecule has 0 amide bonds. The second-order valence-corrected chi connectivity index (χ2v) is 24.6. The molecule has 0 saturated heterocycles. The van der Waals surface area contributed by atoms with Crippen LogP contribution in [0.5, 0.6) is 0 Å². The van der Waals surface area contributed by atoms with Crippen LogP contribution in [-0.2, 0) is 183 Å². The topological polar surface area (TPSA) is 231 Å². The molecule has 10 nitrogen and oxygen atoms in total. The van der Waals surface area contributed by atoms with Crippen LogP contribution in [0.15, 0.2) is 0 Å². The standard InChI is InChI=1S/3Mo.5H3O2PS2/c;;;5*1-3(2,4)5/h;;;5*(H3,1,2,4,5)/q3*+5;;;;;/p-15. The summed E-state index contributed by atoms with van der Waals surface area (Å²) in [6, 6.07) is 0. The molecule has 0 unspecified atom stereocenters. The zero-order valence-corrected chi connectivity index (χ0v) is 30.3. The van der Waals surface area contributed by atoms with Crippen LogP contribution >= 0.6 is 28.5 Å². The Morgan fingerprint density at radius 1 is 0.321 bits per heavy atom. The van der Waals surface area contributed by atoms with Gasteiger partial charge in [0, 0.05) is 0 Å². The van der Waals surface area contributed by atoms with Gasteiger partial charge in [0.2, 0.25) is 0 Å². The Morgan fingerprint density at radius 3 is 0.321 bits per heavy atom. The van der Waals surface area contributed by atoms with Gasteiger partial charge in [-0.05, 0) is 0 Å². The van der Waals surface area contributed by atoms with E-state index in [0.717, 1.165) is 0 Å². The molecule has 0 bridgehead atoms. The van der Waals surface area contributed by atoms with Gasteiger partial charge >= 0.3 is 63.2 Å². The summed E-state index contributed by atoms with van der Waals surface area (Å²) in [5, 5.41) is 0. The molecule has 0 aliphatic rings. The van der Waals surface area contributed by atoms with E-state index in [1.165, 1.54) is 0 Å². The smallest absolute Gasteiger partial charge is 0.850 e. The minimum absolute atomic E-state index is 0. The molecule has 0 heterocycles. The molecule has 0 aliphatic heterocycles. The molecule has 0 atom stereocenters. The fourth-order valence-electron chi connectivity index (χ4n) is 0. The summed E-state index contributed by atoms with van der Waals surface area (Å²) in [5.41, 5.74) is -18.6. The van der Waals surface area contributed by atoms with Crippen LogP contribution in [0.1, 0.15) is 0 Å². The Labute approximate surface area is 256 Å². The largest absolute Gasteiger partial charge is 5.00 e. The van der Waals surface area contributed by atoms with Crippen molar-refractivity contribution in [3.05, 3.63) is 0 Å². The first-order valence-corrected chi connectivity index (χ1v) is 21.9. The molecule has 0 spiro atoms. The molecule has 28 heavy (non-hydrogen) atoms. The van der Waals surface area contributed by atoms with E-state index in [9.17, 15) is 48.9 Å². The van der Waals surface area contributed by atoms with Crippen molar-refractivity contribution in [1.82, 2.24) is 0 Å². The molecule has 163 valence electrons. The maximum atomic E-state index is 9.29. The van der Waals surface area contributed by atoms with Crippen molar-refractivity contribution in [1.29, 1.82) is 0 Å². The Hall–Kier alpha value is 6.66. The second kappa shape index (κ2) is 26.7. The van der Waals surface area contributed by atoms with Gasteiger partial charge < -0.3 is 139 Å². The van der Waals surface area contributed by atoms with E-state index in [2.05, 4.69) is 120 Å². The van der Waals surface area contributed by atoms with Crippen molar-refractivity contribution in [3.8, 4) is 0 Å². The summed E-state index contributed by atoms with van der Waals surface area (Å²) in [7, 11) is 0. The predicted octanol–water partition coefficient (Wildman–Crippen LogP) is -7.62. The van der Waals surface area contributed by atoms with E-state index in [4.69, 9.17) is 0 Å². The van der Waals surface area contributed by atoms with E-state index in [1.54, 1.807) is 0 Å². The van der Waals surface area contributed by atoms with Crippen LogP contribution in [0.25, 0.3) is 0 Å². The van der Waals surface area contributed by atoms with E-state index >= 15 is 0 Å². The van der Waals surface area contributed by atoms with E-state index in [0.29, 0.717) is 0 Å². The first-order chi connectivity index (χ1) is 10.0. The molecule has 0 aromatic rings. The zero-order chi connectivity index (χ0) is 22.5. The molecule has 28 heteroatoms. The minimum Gasteiger partial charge on any atom is -0.850 e. The molecule has 0 rings (SSSR count). The van der Waals surface area contributed by atoms with Gasteiger partial charge in [-0.25, -0.2) is 0 Å². The molecule has 0 aromatic carbocycles. The van der Waals surface area contributed by atoms with Crippen LogP contribution < -0.4 is 48.9 Å². The minimum atomic E-state index is -3.72. The van der Waals surface area contributed by atoms with Gasteiger partial charge in [0.15, 0.2) is 0 Å². The van der Waals surface area contributed by atoms with Gasteiger partial charge in [0.05, 0.1) is 0 Å². The van der Waals surface area contributed by atoms with Gasteiger partial charge in [-0.2, -0.15) is 59.0 Å². The molecule has 0 saturated carbocycles.